The molecule has 17 heavy (non-hydrogen) atoms. The molecule has 0 heterocycles. The molecule has 96 valence electrons. The summed E-state index contributed by atoms with van der Waals surface area (Å²) in [6.45, 7) is 0.785. The van der Waals surface area contributed by atoms with Gasteiger partial charge in [-0.1, -0.05) is 25.0 Å². The fourth-order valence-electron chi connectivity index (χ4n) is 1.89. The van der Waals surface area contributed by atoms with Crippen molar-refractivity contribution < 1.29 is 4.74 Å². The number of ether oxygens (including phenoxy) is 1. The molecule has 0 bridgehead atoms. The molecular formula is C14H24N2O. The molecule has 0 saturated carbocycles. The molecule has 1 aromatic rings. The summed E-state index contributed by atoms with van der Waals surface area (Å²) in [5, 5.41) is 0. The van der Waals surface area contributed by atoms with Gasteiger partial charge in [0.25, 0.3) is 0 Å². The van der Waals surface area contributed by atoms with E-state index in [-0.39, 0.29) is 6.04 Å². The molecule has 4 N–H and O–H groups in total. The largest absolute Gasteiger partial charge is 0.497 e. The Hall–Kier alpha value is -1.06. The van der Waals surface area contributed by atoms with Crippen LogP contribution in [0.4, 0.5) is 0 Å². The lowest BCUT2D eigenvalue weighted by Crippen LogP contribution is -2.22. The SMILES string of the molecule is COc1ccc(CC(N)CCCCCN)cc1. The van der Waals surface area contributed by atoms with Crippen molar-refractivity contribution in [3.63, 3.8) is 0 Å². The van der Waals surface area contributed by atoms with Crippen LogP contribution in [-0.4, -0.2) is 19.7 Å². The van der Waals surface area contributed by atoms with Gasteiger partial charge in [-0.25, -0.2) is 0 Å². The smallest absolute Gasteiger partial charge is 0.118 e. The van der Waals surface area contributed by atoms with E-state index in [0.717, 1.165) is 31.6 Å². The zero-order valence-electron chi connectivity index (χ0n) is 10.7. The summed E-state index contributed by atoms with van der Waals surface area (Å²) < 4.78 is 5.12. The second-order valence-corrected chi connectivity index (χ2v) is 4.45. The Morgan fingerprint density at radius 1 is 1.12 bits per heavy atom. The number of benzene rings is 1. The van der Waals surface area contributed by atoms with Gasteiger partial charge in [0.1, 0.15) is 5.75 Å². The van der Waals surface area contributed by atoms with Crippen molar-refractivity contribution in [2.24, 2.45) is 11.5 Å². The molecule has 0 fully saturated rings. The molecule has 0 amide bonds. The second-order valence-electron chi connectivity index (χ2n) is 4.45. The third-order valence-corrected chi connectivity index (χ3v) is 2.94. The van der Waals surface area contributed by atoms with E-state index in [4.69, 9.17) is 16.2 Å². The zero-order chi connectivity index (χ0) is 12.5. The highest BCUT2D eigenvalue weighted by Gasteiger charge is 2.04. The van der Waals surface area contributed by atoms with E-state index >= 15 is 0 Å². The Kier molecular flexibility index (Phi) is 6.67. The van der Waals surface area contributed by atoms with Gasteiger partial charge in [-0.15, -0.1) is 0 Å². The van der Waals surface area contributed by atoms with E-state index in [1.54, 1.807) is 7.11 Å². The molecule has 3 heteroatoms. The van der Waals surface area contributed by atoms with Gasteiger partial charge in [0.05, 0.1) is 7.11 Å². The van der Waals surface area contributed by atoms with E-state index in [0.29, 0.717) is 0 Å². The topological polar surface area (TPSA) is 61.3 Å². The first-order chi connectivity index (χ1) is 8.26. The maximum absolute atomic E-state index is 6.10. The molecule has 0 aromatic heterocycles. The number of hydrogen-bond donors (Lipinski definition) is 2. The molecule has 1 aromatic carbocycles. The van der Waals surface area contributed by atoms with Crippen LogP contribution < -0.4 is 16.2 Å². The van der Waals surface area contributed by atoms with Crippen molar-refractivity contribution in [3.05, 3.63) is 29.8 Å². The van der Waals surface area contributed by atoms with Gasteiger partial charge in [-0.3, -0.25) is 0 Å². The van der Waals surface area contributed by atoms with Crippen molar-refractivity contribution in [1.82, 2.24) is 0 Å². The highest BCUT2D eigenvalue weighted by Crippen LogP contribution is 2.13. The van der Waals surface area contributed by atoms with Gasteiger partial charge in [0.2, 0.25) is 0 Å². The highest BCUT2D eigenvalue weighted by atomic mass is 16.5. The third kappa shape index (κ3) is 5.71. The number of rotatable bonds is 8. The van der Waals surface area contributed by atoms with Crippen LogP contribution in [0, 0.1) is 0 Å². The fraction of sp³-hybridized carbons (Fsp3) is 0.571. The van der Waals surface area contributed by atoms with E-state index in [9.17, 15) is 0 Å². The predicted octanol–water partition coefficient (Wildman–Crippen LogP) is 2.08. The summed E-state index contributed by atoms with van der Waals surface area (Å²) in [6, 6.07) is 8.38. The minimum atomic E-state index is 0.251. The number of unbranched alkanes of at least 4 members (excludes halogenated alkanes) is 2. The third-order valence-electron chi connectivity index (χ3n) is 2.94. The zero-order valence-corrected chi connectivity index (χ0v) is 10.7. The molecule has 0 saturated heterocycles. The standard InChI is InChI=1S/C14H24N2O/c1-17-14-8-6-12(7-9-14)11-13(16)5-3-2-4-10-15/h6-9,13H,2-5,10-11,15-16H2,1H3. The number of nitrogens with two attached hydrogens (primary N) is 2. The van der Waals surface area contributed by atoms with Crippen LogP contribution >= 0.6 is 0 Å². The Balaban J connectivity index is 2.26. The molecule has 0 radical (unpaired) electrons. The van der Waals surface area contributed by atoms with E-state index in [1.807, 2.05) is 12.1 Å². The Labute approximate surface area is 104 Å². The Morgan fingerprint density at radius 2 is 1.82 bits per heavy atom. The summed E-state index contributed by atoms with van der Waals surface area (Å²) in [7, 11) is 1.68. The van der Waals surface area contributed by atoms with Crippen molar-refractivity contribution >= 4 is 0 Å². The molecule has 0 aliphatic heterocycles. The molecule has 0 aliphatic rings. The Morgan fingerprint density at radius 3 is 2.41 bits per heavy atom. The first-order valence-corrected chi connectivity index (χ1v) is 6.35. The van der Waals surface area contributed by atoms with Crippen LogP contribution in [0.15, 0.2) is 24.3 Å². The molecular weight excluding hydrogens is 212 g/mol. The lowest BCUT2D eigenvalue weighted by molar-refractivity contribution is 0.414. The van der Waals surface area contributed by atoms with Crippen LogP contribution in [0.3, 0.4) is 0 Å². The van der Waals surface area contributed by atoms with Crippen LogP contribution in [0.25, 0.3) is 0 Å². The van der Waals surface area contributed by atoms with E-state index in [2.05, 4.69) is 12.1 Å². The lowest BCUT2D eigenvalue weighted by atomic mass is 10.0. The highest BCUT2D eigenvalue weighted by molar-refractivity contribution is 5.27. The van der Waals surface area contributed by atoms with Gasteiger partial charge >= 0.3 is 0 Å². The minimum Gasteiger partial charge on any atom is -0.497 e. The second kappa shape index (κ2) is 8.09. The molecule has 0 spiro atoms. The van der Waals surface area contributed by atoms with Gasteiger partial charge in [-0.05, 0) is 43.5 Å². The fourth-order valence-corrected chi connectivity index (χ4v) is 1.89. The molecule has 1 atom stereocenters. The summed E-state index contributed by atoms with van der Waals surface area (Å²) in [4.78, 5) is 0. The Bertz CT molecular complexity index is 298. The lowest BCUT2D eigenvalue weighted by Gasteiger charge is -2.11. The van der Waals surface area contributed by atoms with Gasteiger partial charge < -0.3 is 16.2 Å². The van der Waals surface area contributed by atoms with Gasteiger partial charge in [0.15, 0.2) is 0 Å². The van der Waals surface area contributed by atoms with E-state index < -0.39 is 0 Å². The number of hydrogen-bond acceptors (Lipinski definition) is 3. The normalized spacial score (nSPS) is 12.4. The first kappa shape index (κ1) is 14.0. The molecule has 1 unspecified atom stereocenters. The maximum Gasteiger partial charge on any atom is 0.118 e. The number of methoxy groups -OCH3 is 1. The van der Waals surface area contributed by atoms with Crippen molar-refractivity contribution in [1.29, 1.82) is 0 Å². The van der Waals surface area contributed by atoms with E-state index in [1.165, 1.54) is 18.4 Å². The summed E-state index contributed by atoms with van der Waals surface area (Å²) >= 11 is 0. The van der Waals surface area contributed by atoms with Crippen LogP contribution in [-0.2, 0) is 6.42 Å². The molecule has 0 aliphatic carbocycles. The summed E-state index contributed by atoms with van der Waals surface area (Å²) in [5.74, 6) is 0.894. The molecule has 3 nitrogen and oxygen atoms in total. The summed E-state index contributed by atoms with van der Waals surface area (Å²) in [5.41, 5.74) is 12.8. The van der Waals surface area contributed by atoms with Crippen LogP contribution in [0.2, 0.25) is 0 Å². The van der Waals surface area contributed by atoms with Crippen LogP contribution in [0.5, 0.6) is 5.75 Å². The molecule has 1 rings (SSSR count). The summed E-state index contributed by atoms with van der Waals surface area (Å²) in [6.07, 6.45) is 5.48. The monoisotopic (exact) mass is 236 g/mol. The predicted molar refractivity (Wildman–Crippen MR) is 72.2 cm³/mol. The maximum atomic E-state index is 6.10. The average molecular weight is 236 g/mol. The minimum absolute atomic E-state index is 0.251. The first-order valence-electron chi connectivity index (χ1n) is 6.35. The van der Waals surface area contributed by atoms with Gasteiger partial charge in [0, 0.05) is 6.04 Å². The van der Waals surface area contributed by atoms with Crippen molar-refractivity contribution in [2.45, 2.75) is 38.1 Å². The average Bonchev–Trinajstić information content (AvgIpc) is 2.36. The quantitative estimate of drug-likeness (QED) is 0.679. The van der Waals surface area contributed by atoms with Crippen molar-refractivity contribution in [2.75, 3.05) is 13.7 Å². The van der Waals surface area contributed by atoms with Crippen LogP contribution in [0.1, 0.15) is 31.2 Å². The van der Waals surface area contributed by atoms with Crippen molar-refractivity contribution in [3.8, 4) is 5.75 Å². The van der Waals surface area contributed by atoms with Gasteiger partial charge in [-0.2, -0.15) is 0 Å².